The van der Waals surface area contributed by atoms with Gasteiger partial charge in [-0.1, -0.05) is 95.9 Å². The number of alkyl halides is 1. The van der Waals surface area contributed by atoms with Gasteiger partial charge in [0.1, 0.15) is 11.9 Å². The third kappa shape index (κ3) is 11.8. The molecule has 4 amide bonds. The lowest BCUT2D eigenvalue weighted by Crippen LogP contribution is -2.74. The van der Waals surface area contributed by atoms with E-state index in [-0.39, 0.29) is 53.2 Å². The van der Waals surface area contributed by atoms with Gasteiger partial charge in [-0.25, -0.2) is 22.9 Å². The van der Waals surface area contributed by atoms with E-state index in [1.165, 1.54) is 22.0 Å². The van der Waals surface area contributed by atoms with Crippen LogP contribution in [0.5, 0.6) is 0 Å². The molecular formula is C49H85ClN8O7S. The first-order chi connectivity index (χ1) is 30.7. The number of sulfonamides is 1. The number of carbonyl (C=O) groups excluding carboxylic acids is 4. The summed E-state index contributed by atoms with van der Waals surface area (Å²) in [7, 11) is -3.34. The predicted octanol–water partition coefficient (Wildman–Crippen LogP) is 7.64. The first-order valence-corrected chi connectivity index (χ1v) is 27.4. The van der Waals surface area contributed by atoms with Gasteiger partial charge in [-0.3, -0.25) is 34.1 Å². The average molecular weight is 966 g/mol. The van der Waals surface area contributed by atoms with Crippen molar-refractivity contribution in [1.82, 2.24) is 34.7 Å². The molecule has 5 rings (SSSR count). The summed E-state index contributed by atoms with van der Waals surface area (Å²) in [5.41, 5.74) is -2.94. The monoisotopic (exact) mass is 965 g/mol. The summed E-state index contributed by atoms with van der Waals surface area (Å²) in [6.07, 6.45) is 12.4. The number of Topliss-reactive ketones (excluding diaryl/α,β-unsaturated/α-hetero) is 1. The van der Waals surface area contributed by atoms with Crippen LogP contribution < -0.4 is 20.7 Å². The van der Waals surface area contributed by atoms with Crippen molar-refractivity contribution in [3.05, 3.63) is 12.5 Å². The molecule has 1 aromatic rings. The highest BCUT2D eigenvalue weighted by Crippen LogP contribution is 2.50. The molecule has 3 saturated carbocycles. The lowest BCUT2D eigenvalue weighted by Gasteiger charge is -2.54. The number of amides is 4. The number of ether oxygens (including phenoxy) is 1. The molecule has 15 nitrogen and oxygen atoms in total. The molecule has 1 aliphatic heterocycles. The van der Waals surface area contributed by atoms with Crippen molar-refractivity contribution in [3.63, 3.8) is 0 Å². The van der Waals surface area contributed by atoms with Crippen molar-refractivity contribution in [2.75, 3.05) is 31.2 Å². The van der Waals surface area contributed by atoms with E-state index in [1.807, 2.05) is 20.8 Å². The van der Waals surface area contributed by atoms with Crippen molar-refractivity contribution in [2.24, 2.45) is 34.0 Å². The number of nitrogens with one attached hydrogen (secondary N) is 4. The fourth-order valence-corrected chi connectivity index (χ4v) is 12.2. The summed E-state index contributed by atoms with van der Waals surface area (Å²) in [6.45, 7) is 26.8. The maximum atomic E-state index is 15.5. The fourth-order valence-electron chi connectivity index (χ4n) is 11.5. The summed E-state index contributed by atoms with van der Waals surface area (Å²) in [5, 5.41) is 8.89. The number of likely N-dealkylation sites (N-methyl/N-ethyl adjacent to an activating group) is 1. The number of ketones is 1. The molecule has 0 saturated heterocycles. The van der Waals surface area contributed by atoms with Crippen LogP contribution in [0, 0.1) is 34.0 Å². The summed E-state index contributed by atoms with van der Waals surface area (Å²) in [5.74, 6) is -0.308. The molecule has 1 aromatic heterocycles. The average Bonchev–Trinajstić information content (AvgIpc) is 3.72. The van der Waals surface area contributed by atoms with E-state index >= 15 is 9.59 Å². The fraction of sp³-hybridized carbons (Fsp3) is 0.857. The van der Waals surface area contributed by atoms with Crippen molar-refractivity contribution in [2.45, 2.75) is 208 Å². The second-order valence-electron chi connectivity index (χ2n) is 22.5. The number of anilines is 1. The molecule has 66 heavy (non-hydrogen) atoms. The molecule has 0 spiro atoms. The lowest BCUT2D eigenvalue weighted by molar-refractivity contribution is -0.161. The van der Waals surface area contributed by atoms with Gasteiger partial charge >= 0.3 is 6.03 Å². The van der Waals surface area contributed by atoms with Crippen LogP contribution in [0.1, 0.15) is 160 Å². The second-order valence-corrected chi connectivity index (χ2v) is 24.9. The first kappa shape index (κ1) is 54.2. The van der Waals surface area contributed by atoms with E-state index in [0.29, 0.717) is 69.9 Å². The van der Waals surface area contributed by atoms with Gasteiger partial charge in [-0.15, -0.1) is 11.6 Å². The minimum atomic E-state index is -3.34. The molecule has 0 aromatic carbocycles. The number of fused-ring (bicyclic) bond motifs is 1. The maximum Gasteiger partial charge on any atom is 0.325 e. The molecule has 3 aliphatic carbocycles. The Kier molecular flexibility index (Phi) is 17.6. The summed E-state index contributed by atoms with van der Waals surface area (Å²) in [6, 6.07) is -1.94. The van der Waals surface area contributed by atoms with E-state index in [4.69, 9.17) is 16.3 Å². The molecule has 376 valence electrons. The van der Waals surface area contributed by atoms with E-state index < -0.39 is 62.4 Å². The predicted molar refractivity (Wildman–Crippen MR) is 261 cm³/mol. The Hall–Kier alpha value is -2.79. The quantitative estimate of drug-likeness (QED) is 0.0800. The van der Waals surface area contributed by atoms with E-state index in [2.05, 4.69) is 72.1 Å². The number of halogens is 1. The molecule has 0 radical (unpaired) electrons. The zero-order valence-corrected chi connectivity index (χ0v) is 44.0. The molecule has 4 aliphatic rings. The molecule has 11 unspecified atom stereocenters. The highest BCUT2D eigenvalue weighted by molar-refractivity contribution is 7.88. The van der Waals surface area contributed by atoms with E-state index in [1.54, 1.807) is 20.8 Å². The van der Waals surface area contributed by atoms with Gasteiger partial charge in [0.05, 0.1) is 30.3 Å². The van der Waals surface area contributed by atoms with Gasteiger partial charge < -0.3 is 15.4 Å². The largest absolute Gasteiger partial charge is 0.365 e. The molecule has 11 atom stereocenters. The number of carbonyl (C=O) groups is 4. The summed E-state index contributed by atoms with van der Waals surface area (Å²) < 4.78 is 34.5. The smallest absolute Gasteiger partial charge is 0.325 e. The maximum absolute atomic E-state index is 15.5. The van der Waals surface area contributed by atoms with Crippen LogP contribution in [0.25, 0.3) is 0 Å². The number of imidazole rings is 1. The first-order valence-electron chi connectivity index (χ1n) is 25.0. The molecular weight excluding hydrogens is 880 g/mol. The Morgan fingerprint density at radius 1 is 0.955 bits per heavy atom. The molecule has 3 fully saturated rings. The molecule has 4 N–H and O–H groups in total. The lowest BCUT2D eigenvalue weighted by atomic mass is 9.60. The topological polar surface area (TPSA) is 184 Å². The zero-order valence-electron chi connectivity index (χ0n) is 42.5. The minimum Gasteiger partial charge on any atom is -0.365 e. The number of hydrogen-bond acceptors (Lipinski definition) is 9. The van der Waals surface area contributed by atoms with Gasteiger partial charge in [-0.05, 0) is 99.3 Å². The van der Waals surface area contributed by atoms with Gasteiger partial charge in [-0.2, -0.15) is 0 Å². The number of hydrogen-bond donors (Lipinski definition) is 4. The highest BCUT2D eigenvalue weighted by atomic mass is 35.5. The SMILES string of the molecule is CCC(OC1CCC(C(C)(C)CC)CC1C(C)(C)CC)C(=O)NC1CCC(Cl)C(NC(=O)C2(C(=O)C(C)(C)C)N(C3CCC(N(CC)CCNS(C)(=O)=O)CC3C)C(=O)Nc3cncn32)C1. The Morgan fingerprint density at radius 2 is 1.64 bits per heavy atom. The van der Waals surface area contributed by atoms with Crippen molar-refractivity contribution in [1.29, 1.82) is 0 Å². The van der Waals surface area contributed by atoms with Crippen LogP contribution in [0.4, 0.5) is 10.6 Å². The van der Waals surface area contributed by atoms with Gasteiger partial charge in [0, 0.05) is 42.7 Å². The zero-order chi connectivity index (χ0) is 49.2. The Labute approximate surface area is 401 Å². The van der Waals surface area contributed by atoms with Crippen LogP contribution in [-0.4, -0.2) is 119 Å². The van der Waals surface area contributed by atoms with Crippen LogP contribution >= 0.6 is 11.6 Å². The normalized spacial score (nSPS) is 30.6. The van der Waals surface area contributed by atoms with Crippen molar-refractivity contribution >= 4 is 51.1 Å². The third-order valence-electron chi connectivity index (χ3n) is 16.4. The van der Waals surface area contributed by atoms with E-state index in [9.17, 15) is 18.0 Å². The summed E-state index contributed by atoms with van der Waals surface area (Å²) in [4.78, 5) is 67.6. The third-order valence-corrected chi connectivity index (χ3v) is 17.6. The second kappa shape index (κ2) is 21.5. The van der Waals surface area contributed by atoms with Crippen LogP contribution in [0.3, 0.4) is 0 Å². The van der Waals surface area contributed by atoms with Gasteiger partial charge in [0.2, 0.25) is 15.9 Å². The molecule has 2 heterocycles. The molecule has 0 bridgehead atoms. The van der Waals surface area contributed by atoms with Crippen LogP contribution in [-0.2, 0) is 34.8 Å². The minimum absolute atomic E-state index is 0.0296. The van der Waals surface area contributed by atoms with Crippen LogP contribution in [0.2, 0.25) is 0 Å². The Bertz CT molecular complexity index is 1970. The highest BCUT2D eigenvalue weighted by Gasteiger charge is 2.63. The number of rotatable bonds is 19. The Balaban J connectivity index is 1.38. The molecule has 17 heteroatoms. The van der Waals surface area contributed by atoms with Gasteiger partial charge in [0.25, 0.3) is 11.6 Å². The van der Waals surface area contributed by atoms with Crippen molar-refractivity contribution < 1.29 is 32.3 Å². The Morgan fingerprint density at radius 3 is 2.23 bits per heavy atom. The number of urea groups is 1. The van der Waals surface area contributed by atoms with Gasteiger partial charge in [0.15, 0.2) is 5.78 Å². The van der Waals surface area contributed by atoms with E-state index in [0.717, 1.165) is 38.4 Å². The standard InChI is InChI=1S/C49H85ClN8O7S/c1-14-39(65-40-23-18-32(47(9,10)15-2)27-35(40)48(11,12)16-3)42(59)53-33-19-21-36(50)37(28-33)54-44(61)49(43(60)46(6,7)8)57-30-51-29-41(57)55-45(62)58(49)38-22-20-34(26-31(38)5)56(17-4)25-24-52-66(13,63)64/h29-40,52H,14-28H2,1-13H3,(H,53,59)(H,54,61)(H,55,62). The van der Waals surface area contributed by atoms with Crippen molar-refractivity contribution in [3.8, 4) is 0 Å². The van der Waals surface area contributed by atoms with Crippen LogP contribution in [0.15, 0.2) is 12.5 Å². The number of nitrogens with zero attached hydrogens (tertiary/aromatic N) is 4. The summed E-state index contributed by atoms with van der Waals surface area (Å²) >= 11 is 7.07. The number of aromatic nitrogens is 2.